The van der Waals surface area contributed by atoms with Gasteiger partial charge in [-0.15, -0.1) is 10.2 Å². The summed E-state index contributed by atoms with van der Waals surface area (Å²) in [5, 5.41) is 20.2. The molecule has 1 aliphatic rings. The van der Waals surface area contributed by atoms with Crippen LogP contribution < -0.4 is 10.1 Å². The number of carbonyl (C=O) groups is 1. The summed E-state index contributed by atoms with van der Waals surface area (Å²) in [7, 11) is 0. The van der Waals surface area contributed by atoms with Crippen LogP contribution >= 0.6 is 0 Å². The van der Waals surface area contributed by atoms with Crippen LogP contribution in [-0.4, -0.2) is 33.2 Å². The van der Waals surface area contributed by atoms with Crippen molar-refractivity contribution in [1.29, 1.82) is 5.26 Å². The summed E-state index contributed by atoms with van der Waals surface area (Å²) in [5.41, 5.74) is 2.90. The van der Waals surface area contributed by atoms with E-state index in [0.29, 0.717) is 11.4 Å². The van der Waals surface area contributed by atoms with Gasteiger partial charge in [-0.3, -0.25) is 4.79 Å². The lowest BCUT2D eigenvalue weighted by molar-refractivity contribution is 0.0887. The maximum absolute atomic E-state index is 12.4. The molecule has 1 heterocycles. The van der Waals surface area contributed by atoms with Crippen molar-refractivity contribution in [2.45, 2.75) is 71.4 Å². The summed E-state index contributed by atoms with van der Waals surface area (Å²) >= 11 is 0. The van der Waals surface area contributed by atoms with E-state index in [0.717, 1.165) is 42.6 Å². The average Bonchev–Trinajstić information content (AvgIpc) is 2.73. The Kier molecular flexibility index (Phi) is 6.42. The summed E-state index contributed by atoms with van der Waals surface area (Å²) in [4.78, 5) is 16.6. The van der Waals surface area contributed by atoms with Crippen LogP contribution in [0.15, 0.2) is 18.3 Å². The number of hydrogen-bond donors (Lipinski definition) is 1. The molecule has 0 aliphatic heterocycles. The summed E-state index contributed by atoms with van der Waals surface area (Å²) in [6.45, 7) is 7.89. The number of nitriles is 1. The lowest BCUT2D eigenvalue weighted by atomic mass is 9.92. The van der Waals surface area contributed by atoms with Gasteiger partial charge < -0.3 is 10.1 Å². The summed E-state index contributed by atoms with van der Waals surface area (Å²) < 4.78 is 6.19. The third kappa shape index (κ3) is 4.89. The van der Waals surface area contributed by atoms with Crippen molar-refractivity contribution in [3.05, 3.63) is 46.5 Å². The Morgan fingerprint density at radius 3 is 2.52 bits per heavy atom. The standard InChI is InChI=1S/C22H27N5O2.H2/c1-13(2)21-24-12-19(26-27-21)22(28)25-17-6-8-18(9-7-17)29-20-10-5-16(11-23)14(3)15(20)4;/h5,10,12-13,17-18H,6-9H2,1-4H3,(H,25,28);1H. The van der Waals surface area contributed by atoms with Crippen molar-refractivity contribution in [2.75, 3.05) is 0 Å². The lowest BCUT2D eigenvalue weighted by Crippen LogP contribution is -2.40. The van der Waals surface area contributed by atoms with Gasteiger partial charge in [0.2, 0.25) is 0 Å². The number of nitrogens with zero attached hydrogens (tertiary/aromatic N) is 4. The van der Waals surface area contributed by atoms with Gasteiger partial charge in [0.25, 0.3) is 5.91 Å². The van der Waals surface area contributed by atoms with E-state index in [1.54, 1.807) is 0 Å². The predicted octanol–water partition coefficient (Wildman–Crippen LogP) is 3.85. The fraction of sp³-hybridized carbons (Fsp3) is 0.500. The molecule has 1 aromatic heterocycles. The number of aromatic nitrogens is 3. The first-order chi connectivity index (χ1) is 13.9. The molecule has 0 radical (unpaired) electrons. The molecule has 154 valence electrons. The van der Waals surface area contributed by atoms with E-state index < -0.39 is 0 Å². The van der Waals surface area contributed by atoms with Gasteiger partial charge in [-0.2, -0.15) is 5.26 Å². The van der Waals surface area contributed by atoms with E-state index in [9.17, 15) is 4.79 Å². The van der Waals surface area contributed by atoms with Crippen LogP contribution in [0.1, 0.15) is 79.9 Å². The van der Waals surface area contributed by atoms with Gasteiger partial charge in [-0.05, 0) is 62.8 Å². The Morgan fingerprint density at radius 1 is 1.21 bits per heavy atom. The predicted molar refractivity (Wildman–Crippen MR) is 111 cm³/mol. The summed E-state index contributed by atoms with van der Waals surface area (Å²) in [6.07, 6.45) is 5.01. The van der Waals surface area contributed by atoms with Crippen LogP contribution in [0.3, 0.4) is 0 Å². The SMILES string of the molecule is Cc1c(C#N)ccc(OC2CCC(NC(=O)c3cnc(C(C)C)nn3)CC2)c1C.[HH]. The van der Waals surface area contributed by atoms with E-state index in [2.05, 4.69) is 26.6 Å². The van der Waals surface area contributed by atoms with Gasteiger partial charge in [0.1, 0.15) is 5.75 Å². The highest BCUT2D eigenvalue weighted by Gasteiger charge is 2.25. The van der Waals surface area contributed by atoms with Crippen LogP contribution in [0.25, 0.3) is 0 Å². The Bertz CT molecular complexity index is 916. The van der Waals surface area contributed by atoms with Gasteiger partial charge in [0.15, 0.2) is 11.5 Å². The number of carbonyl (C=O) groups excluding carboxylic acids is 1. The molecular weight excluding hydrogens is 366 g/mol. The van der Waals surface area contributed by atoms with Gasteiger partial charge >= 0.3 is 0 Å². The van der Waals surface area contributed by atoms with Crippen molar-refractivity contribution in [1.82, 2.24) is 20.5 Å². The largest absolute Gasteiger partial charge is 0.490 e. The second kappa shape index (κ2) is 8.99. The second-order valence-electron chi connectivity index (χ2n) is 7.89. The molecule has 7 nitrogen and oxygen atoms in total. The van der Waals surface area contributed by atoms with E-state index in [4.69, 9.17) is 10.00 Å². The van der Waals surface area contributed by atoms with Gasteiger partial charge in [0, 0.05) is 13.4 Å². The zero-order chi connectivity index (χ0) is 21.0. The molecule has 1 aliphatic carbocycles. The maximum atomic E-state index is 12.4. The van der Waals surface area contributed by atoms with Crippen LogP contribution in [0.4, 0.5) is 0 Å². The fourth-order valence-electron chi connectivity index (χ4n) is 3.46. The van der Waals surface area contributed by atoms with Crippen molar-refractivity contribution in [3.63, 3.8) is 0 Å². The highest BCUT2D eigenvalue weighted by atomic mass is 16.5. The van der Waals surface area contributed by atoms with Crippen molar-refractivity contribution < 1.29 is 11.0 Å². The first-order valence-electron chi connectivity index (χ1n) is 10.1. The van der Waals surface area contributed by atoms with E-state index in [-0.39, 0.29) is 31.1 Å². The van der Waals surface area contributed by atoms with Gasteiger partial charge in [-0.1, -0.05) is 13.8 Å². The first-order valence-corrected chi connectivity index (χ1v) is 10.1. The van der Waals surface area contributed by atoms with Crippen molar-refractivity contribution in [3.8, 4) is 11.8 Å². The number of rotatable bonds is 5. The highest BCUT2D eigenvalue weighted by molar-refractivity contribution is 5.91. The average molecular weight is 396 g/mol. The molecule has 3 rings (SSSR count). The number of hydrogen-bond acceptors (Lipinski definition) is 6. The number of amides is 1. The highest BCUT2D eigenvalue weighted by Crippen LogP contribution is 2.29. The van der Waals surface area contributed by atoms with E-state index in [1.807, 2.05) is 39.8 Å². The molecule has 1 N–H and O–H groups in total. The quantitative estimate of drug-likeness (QED) is 0.825. The minimum absolute atomic E-state index is 0. The van der Waals surface area contributed by atoms with E-state index in [1.165, 1.54) is 6.20 Å². The molecule has 1 amide bonds. The summed E-state index contributed by atoms with van der Waals surface area (Å²) in [6, 6.07) is 5.98. The Labute approximate surface area is 173 Å². The first kappa shape index (κ1) is 20.7. The molecule has 1 aromatic carbocycles. The second-order valence-corrected chi connectivity index (χ2v) is 7.89. The smallest absolute Gasteiger partial charge is 0.273 e. The molecule has 0 saturated heterocycles. The third-order valence-corrected chi connectivity index (χ3v) is 5.49. The molecule has 0 unspecified atom stereocenters. The minimum Gasteiger partial charge on any atom is -0.490 e. The fourth-order valence-corrected chi connectivity index (χ4v) is 3.46. The molecule has 0 spiro atoms. The molecule has 0 bridgehead atoms. The Hall–Kier alpha value is -3.01. The number of nitrogens with one attached hydrogen (secondary N) is 1. The molecule has 0 atom stereocenters. The topological polar surface area (TPSA) is 101 Å². The molecule has 1 fully saturated rings. The monoisotopic (exact) mass is 395 g/mol. The molecule has 1 saturated carbocycles. The van der Waals surface area contributed by atoms with Crippen LogP contribution in [-0.2, 0) is 0 Å². The zero-order valence-corrected chi connectivity index (χ0v) is 17.4. The molecule has 7 heteroatoms. The van der Waals surface area contributed by atoms with Crippen LogP contribution in [0, 0.1) is 25.2 Å². The van der Waals surface area contributed by atoms with E-state index >= 15 is 0 Å². The van der Waals surface area contributed by atoms with Crippen molar-refractivity contribution >= 4 is 5.91 Å². The maximum Gasteiger partial charge on any atom is 0.273 e. The van der Waals surface area contributed by atoms with Gasteiger partial charge in [0.05, 0.1) is 23.9 Å². The third-order valence-electron chi connectivity index (χ3n) is 5.49. The summed E-state index contributed by atoms with van der Waals surface area (Å²) in [5.74, 6) is 1.41. The minimum atomic E-state index is -0.233. The van der Waals surface area contributed by atoms with Crippen LogP contribution in [0.5, 0.6) is 5.75 Å². The number of ether oxygens (including phenoxy) is 1. The normalized spacial score (nSPS) is 18.9. The Balaban J connectivity index is 0.00000320. The number of benzene rings is 1. The molecular formula is C22H29N5O2. The Morgan fingerprint density at radius 2 is 1.93 bits per heavy atom. The van der Waals surface area contributed by atoms with Gasteiger partial charge in [-0.25, -0.2) is 4.98 Å². The zero-order valence-electron chi connectivity index (χ0n) is 17.4. The lowest BCUT2D eigenvalue weighted by Gasteiger charge is -2.30. The van der Waals surface area contributed by atoms with Crippen molar-refractivity contribution in [2.24, 2.45) is 0 Å². The molecule has 2 aromatic rings. The van der Waals surface area contributed by atoms with Crippen LogP contribution in [0.2, 0.25) is 0 Å². The molecule has 29 heavy (non-hydrogen) atoms.